The van der Waals surface area contributed by atoms with E-state index in [4.69, 9.17) is 10.6 Å². The highest BCUT2D eigenvalue weighted by molar-refractivity contribution is 7.17. The van der Waals surface area contributed by atoms with Gasteiger partial charge in [-0.2, -0.15) is 0 Å². The third kappa shape index (κ3) is 2.30. The van der Waals surface area contributed by atoms with Crippen molar-refractivity contribution in [3.05, 3.63) is 35.2 Å². The lowest BCUT2D eigenvalue weighted by molar-refractivity contribution is -0.147. The molecule has 2 atom stereocenters. The number of rotatable bonds is 3. The second kappa shape index (κ2) is 5.36. The summed E-state index contributed by atoms with van der Waals surface area (Å²) in [5.41, 5.74) is 4.63. The van der Waals surface area contributed by atoms with Gasteiger partial charge in [-0.3, -0.25) is 11.3 Å². The Hall–Kier alpha value is -0.940. The van der Waals surface area contributed by atoms with Gasteiger partial charge < -0.3 is 4.74 Å². The van der Waals surface area contributed by atoms with Crippen molar-refractivity contribution in [2.45, 2.75) is 43.7 Å². The van der Waals surface area contributed by atoms with Crippen molar-refractivity contribution in [3.8, 4) is 0 Å². The highest BCUT2D eigenvalue weighted by Crippen LogP contribution is 2.48. The normalized spacial score (nSPS) is 25.9. The van der Waals surface area contributed by atoms with Gasteiger partial charge in [-0.05, 0) is 60.4 Å². The number of ether oxygens (including phenoxy) is 1. The van der Waals surface area contributed by atoms with E-state index >= 15 is 0 Å². The Morgan fingerprint density at radius 2 is 2.19 bits per heavy atom. The van der Waals surface area contributed by atoms with Gasteiger partial charge in [0.05, 0.1) is 11.6 Å². The molecule has 21 heavy (non-hydrogen) atoms. The van der Waals surface area contributed by atoms with E-state index in [-0.39, 0.29) is 11.6 Å². The third-order valence-electron chi connectivity index (χ3n) is 5.29. The quantitative estimate of drug-likeness (QED) is 0.670. The molecule has 112 valence electrons. The summed E-state index contributed by atoms with van der Waals surface area (Å²) < 4.78 is 7.41. The summed E-state index contributed by atoms with van der Waals surface area (Å²) in [5, 5.41) is 3.62. The molecule has 2 unspecified atom stereocenters. The first-order valence-electron chi connectivity index (χ1n) is 7.88. The highest BCUT2D eigenvalue weighted by Gasteiger charge is 2.44. The first-order chi connectivity index (χ1) is 10.3. The maximum absolute atomic E-state index is 6.07. The molecule has 2 fully saturated rings. The zero-order valence-corrected chi connectivity index (χ0v) is 13.0. The third-order valence-corrected chi connectivity index (χ3v) is 6.27. The van der Waals surface area contributed by atoms with Crippen LogP contribution in [0.2, 0.25) is 0 Å². The number of hydrogen-bond acceptors (Lipinski definition) is 4. The fourth-order valence-electron chi connectivity index (χ4n) is 3.99. The zero-order chi connectivity index (χ0) is 14.3. The summed E-state index contributed by atoms with van der Waals surface area (Å²) in [4.78, 5) is 0. The fraction of sp³-hybridized carbons (Fsp3) is 0.529. The summed E-state index contributed by atoms with van der Waals surface area (Å²) in [6, 6.07) is 8.86. The van der Waals surface area contributed by atoms with E-state index in [1.807, 2.05) is 11.3 Å². The van der Waals surface area contributed by atoms with Crippen molar-refractivity contribution in [1.82, 2.24) is 5.43 Å². The number of nitrogens with one attached hydrogen (secondary N) is 1. The SMILES string of the molecule is NNC(c1csc2ccccc12)C1CCOC2(CCC2)C1. The van der Waals surface area contributed by atoms with Crippen LogP contribution >= 0.6 is 11.3 Å². The molecule has 1 aliphatic carbocycles. The van der Waals surface area contributed by atoms with E-state index in [0.717, 1.165) is 19.4 Å². The van der Waals surface area contributed by atoms with E-state index in [2.05, 4.69) is 35.1 Å². The molecule has 1 spiro atoms. The molecule has 4 rings (SSSR count). The van der Waals surface area contributed by atoms with Gasteiger partial charge in [-0.15, -0.1) is 11.3 Å². The lowest BCUT2D eigenvalue weighted by Gasteiger charge is -2.48. The van der Waals surface area contributed by atoms with Gasteiger partial charge in [0.15, 0.2) is 0 Å². The highest BCUT2D eigenvalue weighted by atomic mass is 32.1. The van der Waals surface area contributed by atoms with Crippen molar-refractivity contribution >= 4 is 21.4 Å². The van der Waals surface area contributed by atoms with E-state index in [0.29, 0.717) is 5.92 Å². The summed E-state index contributed by atoms with van der Waals surface area (Å²) in [7, 11) is 0. The van der Waals surface area contributed by atoms with Crippen LogP contribution in [-0.4, -0.2) is 12.2 Å². The number of benzene rings is 1. The number of hydrogen-bond donors (Lipinski definition) is 2. The second-order valence-corrected chi connectivity index (χ2v) is 7.38. The average molecular weight is 302 g/mol. The summed E-state index contributed by atoms with van der Waals surface area (Å²) >= 11 is 1.81. The second-order valence-electron chi connectivity index (χ2n) is 6.47. The standard InChI is InChI=1S/C17H22N2OS/c18-19-16(12-6-9-20-17(10-12)7-3-8-17)14-11-21-15-5-2-1-4-13(14)15/h1-2,4-5,11-12,16,19H,3,6-10,18H2. The van der Waals surface area contributed by atoms with Crippen LogP contribution in [-0.2, 0) is 4.74 Å². The number of nitrogens with two attached hydrogens (primary N) is 1. The molecule has 2 aromatic rings. The summed E-state index contributed by atoms with van der Waals surface area (Å²) in [6.07, 6.45) is 6.01. The van der Waals surface area contributed by atoms with E-state index in [1.165, 1.54) is 34.9 Å². The molecular formula is C17H22N2OS. The first kappa shape index (κ1) is 13.7. The predicted octanol–water partition coefficient (Wildman–Crippen LogP) is 3.76. The molecule has 1 aromatic heterocycles. The Bertz CT molecular complexity index is 635. The van der Waals surface area contributed by atoms with Crippen molar-refractivity contribution in [1.29, 1.82) is 0 Å². The van der Waals surface area contributed by atoms with E-state index in [9.17, 15) is 0 Å². The maximum Gasteiger partial charge on any atom is 0.0686 e. The van der Waals surface area contributed by atoms with Gasteiger partial charge >= 0.3 is 0 Å². The molecule has 0 bridgehead atoms. The molecule has 3 N–H and O–H groups in total. The maximum atomic E-state index is 6.07. The van der Waals surface area contributed by atoms with Crippen LogP contribution in [0.3, 0.4) is 0 Å². The topological polar surface area (TPSA) is 47.3 Å². The summed E-state index contributed by atoms with van der Waals surface area (Å²) in [6.45, 7) is 0.880. The Balaban J connectivity index is 1.64. The molecule has 1 aliphatic heterocycles. The molecular weight excluding hydrogens is 280 g/mol. The van der Waals surface area contributed by atoms with Crippen LogP contribution in [0, 0.1) is 5.92 Å². The van der Waals surface area contributed by atoms with E-state index < -0.39 is 0 Å². The minimum atomic E-state index is 0.170. The van der Waals surface area contributed by atoms with Gasteiger partial charge in [0.1, 0.15) is 0 Å². The molecule has 1 saturated carbocycles. The number of hydrazine groups is 1. The van der Waals surface area contributed by atoms with Crippen LogP contribution in [0.25, 0.3) is 10.1 Å². The van der Waals surface area contributed by atoms with Crippen molar-refractivity contribution < 1.29 is 4.74 Å². The van der Waals surface area contributed by atoms with E-state index in [1.54, 1.807) is 0 Å². The van der Waals surface area contributed by atoms with Gasteiger partial charge in [0.2, 0.25) is 0 Å². The molecule has 2 heterocycles. The lowest BCUT2D eigenvalue weighted by Crippen LogP contribution is -2.48. The molecule has 1 saturated heterocycles. The number of fused-ring (bicyclic) bond motifs is 1. The zero-order valence-electron chi connectivity index (χ0n) is 12.2. The Labute approximate surface area is 129 Å². The smallest absolute Gasteiger partial charge is 0.0686 e. The van der Waals surface area contributed by atoms with Gasteiger partial charge in [0, 0.05) is 11.3 Å². The number of thiophene rings is 1. The fourth-order valence-corrected chi connectivity index (χ4v) is 4.99. The predicted molar refractivity (Wildman–Crippen MR) is 87.1 cm³/mol. The van der Waals surface area contributed by atoms with Gasteiger partial charge in [-0.1, -0.05) is 18.2 Å². The minimum Gasteiger partial charge on any atom is -0.375 e. The Morgan fingerprint density at radius 3 is 2.95 bits per heavy atom. The Morgan fingerprint density at radius 1 is 1.33 bits per heavy atom. The lowest BCUT2D eigenvalue weighted by atomic mass is 9.70. The summed E-state index contributed by atoms with van der Waals surface area (Å²) in [5.74, 6) is 6.52. The van der Waals surface area contributed by atoms with Crippen LogP contribution in [0.1, 0.15) is 43.7 Å². The Kier molecular flexibility index (Phi) is 3.50. The first-order valence-corrected chi connectivity index (χ1v) is 8.75. The molecule has 4 heteroatoms. The average Bonchev–Trinajstić information content (AvgIpc) is 2.91. The van der Waals surface area contributed by atoms with Gasteiger partial charge in [-0.25, -0.2) is 0 Å². The van der Waals surface area contributed by atoms with Crippen molar-refractivity contribution in [3.63, 3.8) is 0 Å². The van der Waals surface area contributed by atoms with Crippen LogP contribution in [0.15, 0.2) is 29.6 Å². The van der Waals surface area contributed by atoms with Crippen molar-refractivity contribution in [2.75, 3.05) is 6.61 Å². The van der Waals surface area contributed by atoms with Crippen LogP contribution in [0.4, 0.5) is 0 Å². The monoisotopic (exact) mass is 302 g/mol. The van der Waals surface area contributed by atoms with Crippen molar-refractivity contribution in [2.24, 2.45) is 11.8 Å². The molecule has 1 aromatic carbocycles. The molecule has 0 radical (unpaired) electrons. The molecule has 2 aliphatic rings. The van der Waals surface area contributed by atoms with Gasteiger partial charge in [0.25, 0.3) is 0 Å². The van der Waals surface area contributed by atoms with Crippen LogP contribution in [0.5, 0.6) is 0 Å². The van der Waals surface area contributed by atoms with Crippen LogP contribution < -0.4 is 11.3 Å². The minimum absolute atomic E-state index is 0.170. The molecule has 0 amide bonds. The largest absolute Gasteiger partial charge is 0.375 e. The molecule has 3 nitrogen and oxygen atoms in total.